The summed E-state index contributed by atoms with van der Waals surface area (Å²) in [5.74, 6) is 0.255. The monoisotopic (exact) mass is 442 g/mol. The van der Waals surface area contributed by atoms with Gasteiger partial charge in [-0.25, -0.2) is 0 Å². The minimum atomic E-state index is -0.384. The third kappa shape index (κ3) is 5.17. The van der Waals surface area contributed by atoms with Gasteiger partial charge in [-0.05, 0) is 37.1 Å². The summed E-state index contributed by atoms with van der Waals surface area (Å²) in [7, 11) is 0. The molecule has 0 N–H and O–H groups in total. The first-order valence-corrected chi connectivity index (χ1v) is 11.1. The molecule has 7 nitrogen and oxygen atoms in total. The van der Waals surface area contributed by atoms with Crippen molar-refractivity contribution in [2.24, 2.45) is 5.92 Å². The molecule has 1 amide bonds. The van der Waals surface area contributed by atoms with Gasteiger partial charge in [0.1, 0.15) is 0 Å². The topological polar surface area (TPSA) is 69.9 Å². The molecule has 1 unspecified atom stereocenters. The zero-order valence-electron chi connectivity index (χ0n) is 17.5. The number of amides is 1. The minimum Gasteiger partial charge on any atom is -0.367 e. The van der Waals surface area contributed by atoms with E-state index in [-0.39, 0.29) is 22.4 Å². The van der Waals surface area contributed by atoms with Gasteiger partial charge < -0.3 is 9.80 Å². The van der Waals surface area contributed by atoms with Gasteiger partial charge in [0, 0.05) is 51.4 Å². The van der Waals surface area contributed by atoms with Crippen molar-refractivity contribution in [2.75, 3.05) is 44.2 Å². The second-order valence-corrected chi connectivity index (χ2v) is 8.67. The van der Waals surface area contributed by atoms with E-state index >= 15 is 0 Å². The van der Waals surface area contributed by atoms with E-state index in [0.717, 1.165) is 55.3 Å². The number of non-ortho nitro benzene ring substituents is 1. The molecule has 4 rings (SSSR count). The maximum atomic E-state index is 13.2. The summed E-state index contributed by atoms with van der Waals surface area (Å²) >= 11 is 6.32. The Kier molecular flexibility index (Phi) is 6.73. The summed E-state index contributed by atoms with van der Waals surface area (Å²) in [5.41, 5.74) is 2.17. The largest absolute Gasteiger partial charge is 0.367 e. The van der Waals surface area contributed by atoms with Crippen molar-refractivity contribution in [3.05, 3.63) is 69.2 Å². The number of halogens is 1. The summed E-state index contributed by atoms with van der Waals surface area (Å²) in [5, 5.41) is 11.6. The van der Waals surface area contributed by atoms with Gasteiger partial charge in [-0.1, -0.05) is 35.9 Å². The molecule has 1 atom stereocenters. The molecular formula is C23H27ClN4O3. The fourth-order valence-corrected chi connectivity index (χ4v) is 4.77. The van der Waals surface area contributed by atoms with Crippen molar-refractivity contribution in [2.45, 2.75) is 19.4 Å². The maximum absolute atomic E-state index is 13.2. The lowest BCUT2D eigenvalue weighted by atomic mass is 9.95. The number of nitro groups is 1. The molecule has 2 aromatic rings. The van der Waals surface area contributed by atoms with Crippen LogP contribution in [0.3, 0.4) is 0 Å². The Bertz CT molecular complexity index is 929. The number of likely N-dealkylation sites (tertiary alicyclic amines) is 1. The number of hydrogen-bond donors (Lipinski definition) is 0. The van der Waals surface area contributed by atoms with Crippen LogP contribution in [-0.2, 0) is 11.3 Å². The first-order chi connectivity index (χ1) is 15.0. The van der Waals surface area contributed by atoms with Crippen molar-refractivity contribution in [1.29, 1.82) is 0 Å². The Morgan fingerprint density at radius 3 is 2.42 bits per heavy atom. The van der Waals surface area contributed by atoms with E-state index in [1.54, 1.807) is 24.3 Å². The highest BCUT2D eigenvalue weighted by atomic mass is 35.5. The molecule has 0 aromatic heterocycles. The standard InChI is InChI=1S/C23H27ClN4O3/c24-21-5-1-2-6-22(21)26-12-14-27(15-13-26)23(29)19-4-3-11-25(17-19)16-18-7-9-20(10-8-18)28(30)31/h1-2,5-10,19H,3-4,11-17H2. The quantitative estimate of drug-likeness (QED) is 0.520. The molecule has 2 aromatic carbocycles. The predicted octanol–water partition coefficient (Wildman–Crippen LogP) is 3.81. The zero-order valence-corrected chi connectivity index (χ0v) is 18.2. The molecule has 2 aliphatic heterocycles. The predicted molar refractivity (Wildman–Crippen MR) is 121 cm³/mol. The van der Waals surface area contributed by atoms with Gasteiger partial charge in [-0.15, -0.1) is 0 Å². The highest BCUT2D eigenvalue weighted by Gasteiger charge is 2.31. The van der Waals surface area contributed by atoms with Gasteiger partial charge in [-0.2, -0.15) is 0 Å². The summed E-state index contributed by atoms with van der Waals surface area (Å²) in [4.78, 5) is 30.1. The molecule has 2 aliphatic rings. The number of rotatable bonds is 5. The van der Waals surface area contributed by atoms with Crippen molar-refractivity contribution < 1.29 is 9.72 Å². The molecule has 164 valence electrons. The summed E-state index contributed by atoms with van der Waals surface area (Å²) in [6.07, 6.45) is 1.91. The molecular weight excluding hydrogens is 416 g/mol. The van der Waals surface area contributed by atoms with E-state index < -0.39 is 0 Å². The summed E-state index contributed by atoms with van der Waals surface area (Å²) in [6, 6.07) is 14.5. The molecule has 2 heterocycles. The average Bonchev–Trinajstić information content (AvgIpc) is 2.80. The minimum absolute atomic E-state index is 0.0126. The lowest BCUT2D eigenvalue weighted by molar-refractivity contribution is -0.384. The van der Waals surface area contributed by atoms with Crippen LogP contribution in [0.2, 0.25) is 5.02 Å². The Morgan fingerprint density at radius 1 is 1.03 bits per heavy atom. The Balaban J connectivity index is 1.31. The van der Waals surface area contributed by atoms with Gasteiger partial charge in [-0.3, -0.25) is 19.8 Å². The highest BCUT2D eigenvalue weighted by molar-refractivity contribution is 6.33. The lowest BCUT2D eigenvalue weighted by Gasteiger charge is -2.40. The smallest absolute Gasteiger partial charge is 0.269 e. The SMILES string of the molecule is O=C(C1CCCN(Cc2ccc([N+](=O)[O-])cc2)C1)N1CCN(c2ccccc2Cl)CC1. The number of piperidine rings is 1. The lowest BCUT2D eigenvalue weighted by Crippen LogP contribution is -2.52. The van der Waals surface area contributed by atoms with Gasteiger partial charge in [0.2, 0.25) is 5.91 Å². The molecule has 0 radical (unpaired) electrons. The number of benzene rings is 2. The molecule has 0 saturated carbocycles. The molecule has 0 bridgehead atoms. The van der Waals surface area contributed by atoms with Crippen LogP contribution in [0.5, 0.6) is 0 Å². The molecule has 8 heteroatoms. The highest BCUT2D eigenvalue weighted by Crippen LogP contribution is 2.27. The van der Waals surface area contributed by atoms with Gasteiger partial charge in [0.25, 0.3) is 5.69 Å². The average molecular weight is 443 g/mol. The third-order valence-electron chi connectivity index (χ3n) is 6.19. The van der Waals surface area contributed by atoms with E-state index in [4.69, 9.17) is 11.6 Å². The second-order valence-electron chi connectivity index (χ2n) is 8.26. The van der Waals surface area contributed by atoms with Crippen LogP contribution in [-0.4, -0.2) is 59.9 Å². The Labute approximate surface area is 187 Å². The van der Waals surface area contributed by atoms with Crippen LogP contribution in [0.4, 0.5) is 11.4 Å². The first-order valence-electron chi connectivity index (χ1n) is 10.8. The van der Waals surface area contributed by atoms with Crippen LogP contribution < -0.4 is 4.90 Å². The second kappa shape index (κ2) is 9.66. The van der Waals surface area contributed by atoms with E-state index in [0.29, 0.717) is 19.6 Å². The van der Waals surface area contributed by atoms with E-state index in [1.165, 1.54) is 0 Å². The van der Waals surface area contributed by atoms with Crippen molar-refractivity contribution in [3.63, 3.8) is 0 Å². The van der Waals surface area contributed by atoms with E-state index in [2.05, 4.69) is 9.80 Å². The number of nitrogens with zero attached hydrogens (tertiary/aromatic N) is 4. The van der Waals surface area contributed by atoms with Crippen molar-refractivity contribution >= 4 is 28.9 Å². The molecule has 2 saturated heterocycles. The molecule has 31 heavy (non-hydrogen) atoms. The number of para-hydroxylation sites is 1. The van der Waals surface area contributed by atoms with E-state index in [1.807, 2.05) is 29.2 Å². The Morgan fingerprint density at radius 2 is 1.74 bits per heavy atom. The number of hydrogen-bond acceptors (Lipinski definition) is 5. The van der Waals surface area contributed by atoms with Gasteiger partial charge in [0.15, 0.2) is 0 Å². The molecule has 0 spiro atoms. The van der Waals surface area contributed by atoms with Crippen LogP contribution >= 0.6 is 11.6 Å². The molecule has 0 aliphatic carbocycles. The normalized spacial score (nSPS) is 20.0. The van der Waals surface area contributed by atoms with Crippen molar-refractivity contribution in [1.82, 2.24) is 9.80 Å². The Hall–Kier alpha value is -2.64. The fourth-order valence-electron chi connectivity index (χ4n) is 4.52. The number of anilines is 1. The van der Waals surface area contributed by atoms with Crippen molar-refractivity contribution in [3.8, 4) is 0 Å². The number of carbonyl (C=O) groups excluding carboxylic acids is 1. The zero-order chi connectivity index (χ0) is 21.8. The van der Waals surface area contributed by atoms with Crippen LogP contribution in [0.25, 0.3) is 0 Å². The first kappa shape index (κ1) is 21.6. The maximum Gasteiger partial charge on any atom is 0.269 e. The van der Waals surface area contributed by atoms with E-state index in [9.17, 15) is 14.9 Å². The molecule has 2 fully saturated rings. The summed E-state index contributed by atoms with van der Waals surface area (Å²) < 4.78 is 0. The van der Waals surface area contributed by atoms with Crippen LogP contribution in [0, 0.1) is 16.0 Å². The van der Waals surface area contributed by atoms with Crippen LogP contribution in [0.15, 0.2) is 48.5 Å². The van der Waals surface area contributed by atoms with Gasteiger partial charge in [0.05, 0.1) is 21.6 Å². The summed E-state index contributed by atoms with van der Waals surface area (Å²) in [6.45, 7) is 5.39. The van der Waals surface area contributed by atoms with Gasteiger partial charge >= 0.3 is 0 Å². The number of nitro benzene ring substituents is 1. The van der Waals surface area contributed by atoms with Crippen LogP contribution in [0.1, 0.15) is 18.4 Å². The third-order valence-corrected chi connectivity index (χ3v) is 6.51. The fraction of sp³-hybridized carbons (Fsp3) is 0.435. The number of carbonyl (C=O) groups is 1. The number of piperazine rings is 1.